The van der Waals surface area contributed by atoms with Crippen LogP contribution in [0, 0.1) is 11.8 Å². The van der Waals surface area contributed by atoms with Gasteiger partial charge in [-0.1, -0.05) is 32.1 Å². The van der Waals surface area contributed by atoms with Crippen LogP contribution in [0.2, 0.25) is 0 Å². The van der Waals surface area contributed by atoms with Crippen LogP contribution < -0.4 is 10.1 Å². The zero-order valence-corrected chi connectivity index (χ0v) is 15.6. The van der Waals surface area contributed by atoms with Crippen LogP contribution >= 0.6 is 0 Å². The van der Waals surface area contributed by atoms with Gasteiger partial charge in [0.05, 0.1) is 13.5 Å². The highest BCUT2D eigenvalue weighted by Gasteiger charge is 2.21. The smallest absolute Gasteiger partial charge is 0.224 e. The largest absolute Gasteiger partial charge is 0.504 e. The lowest BCUT2D eigenvalue weighted by Crippen LogP contribution is -2.38. The molecule has 25 heavy (non-hydrogen) atoms. The van der Waals surface area contributed by atoms with Gasteiger partial charge in [-0.3, -0.25) is 4.79 Å². The molecular weight excluding hydrogens is 314 g/mol. The molecule has 0 heterocycles. The third-order valence-corrected chi connectivity index (χ3v) is 4.76. The maximum absolute atomic E-state index is 12.3. The van der Waals surface area contributed by atoms with Gasteiger partial charge in [-0.05, 0) is 61.6 Å². The lowest BCUT2D eigenvalue weighted by molar-refractivity contribution is -0.121. The monoisotopic (exact) mass is 345 g/mol. The van der Waals surface area contributed by atoms with Crippen molar-refractivity contribution < 1.29 is 14.6 Å². The quantitative estimate of drug-likeness (QED) is 0.728. The molecule has 2 rings (SSSR count). The topological polar surface area (TPSA) is 58.6 Å². The lowest BCUT2D eigenvalue weighted by atomic mass is 9.85. The Balaban J connectivity index is 1.76. The van der Waals surface area contributed by atoms with E-state index in [9.17, 15) is 9.90 Å². The molecule has 1 aliphatic carbocycles. The molecule has 1 aromatic carbocycles. The van der Waals surface area contributed by atoms with Crippen LogP contribution in [0.3, 0.4) is 0 Å². The van der Waals surface area contributed by atoms with Crippen molar-refractivity contribution in [1.82, 2.24) is 5.32 Å². The van der Waals surface area contributed by atoms with E-state index in [1.807, 2.05) is 0 Å². The fourth-order valence-corrected chi connectivity index (χ4v) is 3.30. The van der Waals surface area contributed by atoms with Crippen molar-refractivity contribution in [2.45, 2.75) is 58.4 Å². The van der Waals surface area contributed by atoms with Gasteiger partial charge in [-0.15, -0.1) is 0 Å². The van der Waals surface area contributed by atoms with E-state index < -0.39 is 0 Å². The molecule has 0 radical (unpaired) electrons. The van der Waals surface area contributed by atoms with Gasteiger partial charge < -0.3 is 15.2 Å². The molecule has 138 valence electrons. The Hall–Kier alpha value is -1.97. The van der Waals surface area contributed by atoms with Crippen molar-refractivity contribution in [2.24, 2.45) is 11.8 Å². The van der Waals surface area contributed by atoms with Crippen LogP contribution in [0.25, 0.3) is 0 Å². The maximum Gasteiger partial charge on any atom is 0.224 e. The van der Waals surface area contributed by atoms with Crippen LogP contribution in [-0.4, -0.2) is 24.2 Å². The zero-order chi connectivity index (χ0) is 18.2. The van der Waals surface area contributed by atoms with Crippen LogP contribution in [0.5, 0.6) is 11.5 Å². The number of methoxy groups -OCH3 is 1. The highest BCUT2D eigenvalue weighted by atomic mass is 16.5. The van der Waals surface area contributed by atoms with Gasteiger partial charge in [-0.25, -0.2) is 0 Å². The summed E-state index contributed by atoms with van der Waals surface area (Å²) in [6.07, 6.45) is 10.5. The van der Waals surface area contributed by atoms with Gasteiger partial charge in [0.2, 0.25) is 5.91 Å². The Bertz CT molecular complexity index is 587. The molecule has 0 aliphatic heterocycles. The molecule has 0 aromatic heterocycles. The van der Waals surface area contributed by atoms with E-state index in [0.29, 0.717) is 24.0 Å². The number of rotatable bonds is 7. The number of hydrogen-bond acceptors (Lipinski definition) is 3. The molecule has 4 nitrogen and oxygen atoms in total. The van der Waals surface area contributed by atoms with E-state index in [1.54, 1.807) is 18.2 Å². The minimum absolute atomic E-state index is 0.0338. The van der Waals surface area contributed by atoms with E-state index in [-0.39, 0.29) is 17.7 Å². The molecule has 4 heteroatoms. The maximum atomic E-state index is 12.3. The minimum Gasteiger partial charge on any atom is -0.504 e. The second kappa shape index (κ2) is 9.50. The number of phenols is 1. The summed E-state index contributed by atoms with van der Waals surface area (Å²) in [5.74, 6) is 1.90. The summed E-state index contributed by atoms with van der Waals surface area (Å²) in [6, 6.07) is 5.32. The Morgan fingerprint density at radius 2 is 2.04 bits per heavy atom. The highest BCUT2D eigenvalue weighted by Crippen LogP contribution is 2.27. The summed E-state index contributed by atoms with van der Waals surface area (Å²) >= 11 is 0. The summed E-state index contributed by atoms with van der Waals surface area (Å²) in [4.78, 5) is 12.3. The number of carbonyl (C=O) groups is 1. The summed E-state index contributed by atoms with van der Waals surface area (Å²) in [7, 11) is 1.51. The predicted octanol–water partition coefficient (Wildman–Crippen LogP) is 4.22. The first-order chi connectivity index (χ1) is 12.0. The molecule has 1 amide bonds. The SMILES string of the molecule is COc1cc(CC(=O)NC2CCC(/C=C/CC(C)C)CC2)ccc1O. The van der Waals surface area contributed by atoms with Gasteiger partial charge >= 0.3 is 0 Å². The van der Waals surface area contributed by atoms with Gasteiger partial charge in [0.15, 0.2) is 11.5 Å². The molecule has 1 saturated carbocycles. The Kier molecular flexibility index (Phi) is 7.35. The third kappa shape index (κ3) is 6.45. The number of carbonyl (C=O) groups excluding carboxylic acids is 1. The van der Waals surface area contributed by atoms with Crippen LogP contribution in [0.4, 0.5) is 0 Å². The van der Waals surface area contributed by atoms with Gasteiger partial charge in [0.25, 0.3) is 0 Å². The van der Waals surface area contributed by atoms with Crippen LogP contribution in [0.1, 0.15) is 51.5 Å². The van der Waals surface area contributed by atoms with E-state index in [2.05, 4.69) is 31.3 Å². The molecule has 1 aromatic rings. The molecule has 1 fully saturated rings. The number of ether oxygens (including phenoxy) is 1. The summed E-state index contributed by atoms with van der Waals surface area (Å²) in [6.45, 7) is 4.47. The Labute approximate surface area is 151 Å². The Morgan fingerprint density at radius 3 is 2.68 bits per heavy atom. The zero-order valence-electron chi connectivity index (χ0n) is 15.6. The Morgan fingerprint density at radius 1 is 1.32 bits per heavy atom. The first kappa shape index (κ1) is 19.4. The number of nitrogens with one attached hydrogen (secondary N) is 1. The fraction of sp³-hybridized carbons (Fsp3) is 0.571. The van der Waals surface area contributed by atoms with Crippen molar-refractivity contribution >= 4 is 5.91 Å². The first-order valence-corrected chi connectivity index (χ1v) is 9.29. The first-order valence-electron chi connectivity index (χ1n) is 9.29. The van der Waals surface area contributed by atoms with Crippen LogP contribution in [0.15, 0.2) is 30.4 Å². The van der Waals surface area contributed by atoms with Gasteiger partial charge in [0, 0.05) is 6.04 Å². The van der Waals surface area contributed by atoms with Gasteiger partial charge in [0.1, 0.15) is 0 Å². The third-order valence-electron chi connectivity index (χ3n) is 4.76. The molecule has 0 bridgehead atoms. The molecule has 2 N–H and O–H groups in total. The van der Waals surface area contributed by atoms with E-state index in [1.165, 1.54) is 7.11 Å². The van der Waals surface area contributed by atoms with Gasteiger partial charge in [-0.2, -0.15) is 0 Å². The van der Waals surface area contributed by atoms with E-state index in [0.717, 1.165) is 37.7 Å². The molecule has 0 spiro atoms. The summed E-state index contributed by atoms with van der Waals surface area (Å²) in [5, 5.41) is 12.8. The van der Waals surface area contributed by atoms with Crippen molar-refractivity contribution in [3.05, 3.63) is 35.9 Å². The minimum atomic E-state index is 0.0338. The fourth-order valence-electron chi connectivity index (χ4n) is 3.30. The van der Waals surface area contributed by atoms with Crippen LogP contribution in [-0.2, 0) is 11.2 Å². The number of amides is 1. The van der Waals surface area contributed by atoms with E-state index in [4.69, 9.17) is 4.74 Å². The number of phenolic OH excluding ortho intramolecular Hbond substituents is 1. The summed E-state index contributed by atoms with van der Waals surface area (Å²) in [5.41, 5.74) is 0.845. The van der Waals surface area contributed by atoms with E-state index >= 15 is 0 Å². The number of hydrogen-bond donors (Lipinski definition) is 2. The van der Waals surface area contributed by atoms with Crippen molar-refractivity contribution in [1.29, 1.82) is 0 Å². The summed E-state index contributed by atoms with van der Waals surface area (Å²) < 4.78 is 5.09. The lowest BCUT2D eigenvalue weighted by Gasteiger charge is -2.27. The highest BCUT2D eigenvalue weighted by molar-refractivity contribution is 5.79. The molecular formula is C21H31NO3. The van der Waals surface area contributed by atoms with Crippen molar-refractivity contribution in [3.8, 4) is 11.5 Å². The average Bonchev–Trinajstić information content (AvgIpc) is 2.58. The second-order valence-electron chi connectivity index (χ2n) is 7.42. The molecule has 0 saturated heterocycles. The molecule has 0 unspecified atom stereocenters. The number of benzene rings is 1. The number of allylic oxidation sites excluding steroid dienone is 2. The normalized spacial score (nSPS) is 20.8. The second-order valence-corrected chi connectivity index (χ2v) is 7.42. The molecule has 0 atom stereocenters. The van der Waals surface area contributed by atoms with Crippen molar-refractivity contribution in [2.75, 3.05) is 7.11 Å². The average molecular weight is 345 g/mol. The predicted molar refractivity (Wildman–Crippen MR) is 101 cm³/mol. The number of aromatic hydroxyl groups is 1. The van der Waals surface area contributed by atoms with Crippen molar-refractivity contribution in [3.63, 3.8) is 0 Å². The molecule has 1 aliphatic rings. The standard InChI is InChI=1S/C21H31NO3/c1-15(2)5-4-6-16-7-10-18(11-8-16)22-21(24)14-17-9-12-19(23)20(13-17)25-3/h4,6,9,12-13,15-16,18,23H,5,7-8,10-11,14H2,1-3H3,(H,22,24)/b6-4+.